The Kier molecular flexibility index (Phi) is 2.80. The summed E-state index contributed by atoms with van der Waals surface area (Å²) in [4.78, 5) is 0. The fraction of sp³-hybridized carbons (Fsp3) is 1.00. The molecule has 5 rings (SSSR count). The Labute approximate surface area is 124 Å². The first-order valence-electron chi connectivity index (χ1n) is 9.58. The highest BCUT2D eigenvalue weighted by Crippen LogP contribution is 2.70. The molecule has 0 heterocycles. The molecule has 1 heteroatoms. The molecule has 0 aromatic heterocycles. The van der Waals surface area contributed by atoms with Gasteiger partial charge in [0.25, 0.3) is 0 Å². The van der Waals surface area contributed by atoms with Crippen molar-refractivity contribution in [2.75, 3.05) is 6.54 Å². The van der Waals surface area contributed by atoms with Gasteiger partial charge in [-0.1, -0.05) is 13.3 Å². The van der Waals surface area contributed by atoms with Crippen LogP contribution in [-0.2, 0) is 0 Å². The molecule has 112 valence electrons. The van der Waals surface area contributed by atoms with Crippen molar-refractivity contribution in [1.29, 1.82) is 0 Å². The van der Waals surface area contributed by atoms with Crippen LogP contribution >= 0.6 is 0 Å². The molecule has 0 saturated heterocycles. The second-order valence-corrected chi connectivity index (χ2v) is 8.90. The van der Waals surface area contributed by atoms with Gasteiger partial charge in [0.1, 0.15) is 0 Å². The highest BCUT2D eigenvalue weighted by atomic mass is 14.9. The predicted octanol–water partition coefficient (Wildman–Crippen LogP) is 4.08. The average Bonchev–Trinajstić information content (AvgIpc) is 2.94. The van der Waals surface area contributed by atoms with Crippen molar-refractivity contribution >= 4 is 0 Å². The number of nitrogens with one attached hydrogen (secondary N) is 1. The molecular weight excluding hydrogens is 242 g/mol. The van der Waals surface area contributed by atoms with E-state index in [1.54, 1.807) is 44.9 Å². The highest BCUT2D eigenvalue weighted by Gasteiger charge is 2.66. The molecule has 8 unspecified atom stereocenters. The lowest BCUT2D eigenvalue weighted by Crippen LogP contribution is -2.36. The molecule has 5 aliphatic carbocycles. The van der Waals surface area contributed by atoms with Crippen LogP contribution in [-0.4, -0.2) is 12.6 Å². The maximum absolute atomic E-state index is 3.93. The van der Waals surface area contributed by atoms with Crippen LogP contribution in [0.1, 0.15) is 58.3 Å². The topological polar surface area (TPSA) is 12.0 Å². The van der Waals surface area contributed by atoms with E-state index < -0.39 is 0 Å². The first-order chi connectivity index (χ1) is 9.85. The Balaban J connectivity index is 1.27. The summed E-state index contributed by atoms with van der Waals surface area (Å²) in [5, 5.41) is 3.93. The van der Waals surface area contributed by atoms with Gasteiger partial charge in [-0.15, -0.1) is 0 Å². The van der Waals surface area contributed by atoms with E-state index in [1.165, 1.54) is 13.0 Å². The third kappa shape index (κ3) is 1.71. The maximum Gasteiger partial charge on any atom is 0.0104 e. The summed E-state index contributed by atoms with van der Waals surface area (Å²) in [6, 6.07) is 0.891. The minimum atomic E-state index is 0.891. The van der Waals surface area contributed by atoms with E-state index in [1.807, 2.05) is 0 Å². The van der Waals surface area contributed by atoms with Crippen molar-refractivity contribution in [3.8, 4) is 0 Å². The lowest BCUT2D eigenvalue weighted by molar-refractivity contribution is 0.248. The molecule has 0 amide bonds. The fourth-order valence-corrected chi connectivity index (χ4v) is 7.56. The van der Waals surface area contributed by atoms with Crippen molar-refractivity contribution in [1.82, 2.24) is 5.32 Å². The molecule has 0 aromatic rings. The SMILES string of the molecule is CCNC(CC1CC2CCC1C2)C1C2C3CCC(C3)C21. The number of hydrogen-bond donors (Lipinski definition) is 1. The zero-order chi connectivity index (χ0) is 13.3. The molecule has 0 aromatic carbocycles. The lowest BCUT2D eigenvalue weighted by Gasteiger charge is -2.29. The van der Waals surface area contributed by atoms with Gasteiger partial charge in [0.2, 0.25) is 0 Å². The van der Waals surface area contributed by atoms with Crippen LogP contribution in [0.15, 0.2) is 0 Å². The summed E-state index contributed by atoms with van der Waals surface area (Å²) in [7, 11) is 0. The molecule has 1 nitrogen and oxygen atoms in total. The molecule has 1 N–H and O–H groups in total. The van der Waals surface area contributed by atoms with Crippen LogP contribution < -0.4 is 5.32 Å². The molecular formula is C19H31N. The van der Waals surface area contributed by atoms with Gasteiger partial charge in [0.15, 0.2) is 0 Å². The second kappa shape index (κ2) is 4.48. The minimum Gasteiger partial charge on any atom is -0.314 e. The Morgan fingerprint density at radius 2 is 1.65 bits per heavy atom. The van der Waals surface area contributed by atoms with E-state index in [9.17, 15) is 0 Å². The quantitative estimate of drug-likeness (QED) is 0.796. The van der Waals surface area contributed by atoms with Gasteiger partial charge in [-0.3, -0.25) is 0 Å². The van der Waals surface area contributed by atoms with Gasteiger partial charge in [-0.25, -0.2) is 0 Å². The lowest BCUT2D eigenvalue weighted by atomic mass is 9.82. The molecule has 8 atom stereocenters. The summed E-state index contributed by atoms with van der Waals surface area (Å²) in [6.45, 7) is 3.51. The van der Waals surface area contributed by atoms with Gasteiger partial charge < -0.3 is 5.32 Å². The van der Waals surface area contributed by atoms with Crippen LogP contribution in [0.25, 0.3) is 0 Å². The van der Waals surface area contributed by atoms with Crippen LogP contribution in [0.2, 0.25) is 0 Å². The Hall–Kier alpha value is -0.0400. The van der Waals surface area contributed by atoms with Crippen LogP contribution in [0.4, 0.5) is 0 Å². The van der Waals surface area contributed by atoms with E-state index in [4.69, 9.17) is 0 Å². The number of hydrogen-bond acceptors (Lipinski definition) is 1. The van der Waals surface area contributed by atoms with Crippen LogP contribution in [0.3, 0.4) is 0 Å². The molecule has 0 spiro atoms. The van der Waals surface area contributed by atoms with E-state index in [2.05, 4.69) is 12.2 Å². The summed E-state index contributed by atoms with van der Waals surface area (Å²) >= 11 is 0. The Morgan fingerprint density at radius 1 is 0.900 bits per heavy atom. The summed E-state index contributed by atoms with van der Waals surface area (Å²) in [5.41, 5.74) is 0. The zero-order valence-electron chi connectivity index (χ0n) is 13.1. The fourth-order valence-electron chi connectivity index (χ4n) is 7.56. The molecule has 5 saturated carbocycles. The van der Waals surface area contributed by atoms with Gasteiger partial charge in [0, 0.05) is 6.04 Å². The maximum atomic E-state index is 3.93. The average molecular weight is 273 g/mol. The molecule has 0 radical (unpaired) electrons. The van der Waals surface area contributed by atoms with Crippen molar-refractivity contribution in [2.45, 2.75) is 64.3 Å². The number of fused-ring (bicyclic) bond motifs is 7. The molecule has 0 aliphatic heterocycles. The first kappa shape index (κ1) is 12.5. The summed E-state index contributed by atoms with van der Waals surface area (Å²) in [6.07, 6.45) is 12.6. The van der Waals surface area contributed by atoms with Gasteiger partial charge >= 0.3 is 0 Å². The van der Waals surface area contributed by atoms with Gasteiger partial charge in [-0.2, -0.15) is 0 Å². The standard InChI is InChI=1S/C19H31N/c1-2-20-16(10-15-8-11-3-4-12(15)7-11)19-17-13-5-6-14(9-13)18(17)19/h11-20H,2-10H2,1H3. The molecule has 5 aliphatic rings. The highest BCUT2D eigenvalue weighted by molar-refractivity contribution is 5.16. The second-order valence-electron chi connectivity index (χ2n) is 8.90. The van der Waals surface area contributed by atoms with E-state index in [-0.39, 0.29) is 0 Å². The van der Waals surface area contributed by atoms with E-state index in [0.717, 1.165) is 53.4 Å². The van der Waals surface area contributed by atoms with Crippen molar-refractivity contribution in [2.24, 2.45) is 47.3 Å². The smallest absolute Gasteiger partial charge is 0.0104 e. The minimum absolute atomic E-state index is 0.891. The van der Waals surface area contributed by atoms with E-state index in [0.29, 0.717) is 0 Å². The van der Waals surface area contributed by atoms with Crippen molar-refractivity contribution in [3.63, 3.8) is 0 Å². The molecule has 20 heavy (non-hydrogen) atoms. The van der Waals surface area contributed by atoms with Crippen molar-refractivity contribution < 1.29 is 0 Å². The summed E-state index contributed by atoms with van der Waals surface area (Å²) in [5.74, 6) is 9.07. The third-order valence-electron chi connectivity index (χ3n) is 8.17. The largest absolute Gasteiger partial charge is 0.314 e. The van der Waals surface area contributed by atoms with Gasteiger partial charge in [-0.05, 0) is 98.8 Å². The van der Waals surface area contributed by atoms with E-state index >= 15 is 0 Å². The van der Waals surface area contributed by atoms with Crippen LogP contribution in [0.5, 0.6) is 0 Å². The third-order valence-corrected chi connectivity index (χ3v) is 8.17. The predicted molar refractivity (Wildman–Crippen MR) is 82.3 cm³/mol. The normalized spacial score (nSPS) is 56.2. The zero-order valence-corrected chi connectivity index (χ0v) is 13.1. The summed E-state index contributed by atoms with van der Waals surface area (Å²) < 4.78 is 0. The van der Waals surface area contributed by atoms with Crippen LogP contribution in [0, 0.1) is 47.3 Å². The molecule has 5 fully saturated rings. The monoisotopic (exact) mass is 273 g/mol. The Morgan fingerprint density at radius 3 is 2.25 bits per heavy atom. The Bertz CT molecular complexity index is 375. The van der Waals surface area contributed by atoms with Crippen molar-refractivity contribution in [3.05, 3.63) is 0 Å². The van der Waals surface area contributed by atoms with Gasteiger partial charge in [0.05, 0.1) is 0 Å². The molecule has 4 bridgehead atoms. The number of rotatable bonds is 5. The first-order valence-corrected chi connectivity index (χ1v) is 9.58.